The van der Waals surface area contributed by atoms with Crippen molar-refractivity contribution in [3.63, 3.8) is 0 Å². The van der Waals surface area contributed by atoms with Crippen LogP contribution in [0.2, 0.25) is 0 Å². The second-order valence-corrected chi connectivity index (χ2v) is 7.59. The molecule has 23 heavy (non-hydrogen) atoms. The molecule has 1 aromatic rings. The van der Waals surface area contributed by atoms with Crippen LogP contribution in [0.25, 0.3) is 0 Å². The molecule has 0 spiro atoms. The number of ether oxygens (including phenoxy) is 1. The summed E-state index contributed by atoms with van der Waals surface area (Å²) in [6, 6.07) is 0.205. The average Bonchev–Trinajstić information content (AvgIpc) is 3.18. The highest BCUT2D eigenvalue weighted by atomic mass is 16.5. The molecule has 2 amide bonds. The maximum atomic E-state index is 12.5. The number of hydrogen-bond acceptors (Lipinski definition) is 4. The van der Waals surface area contributed by atoms with Crippen LogP contribution in [0.15, 0.2) is 12.4 Å². The van der Waals surface area contributed by atoms with Crippen molar-refractivity contribution in [3.05, 3.63) is 12.4 Å². The standard InChI is InChI=1S/C16H27N5O2/c1-15(2)13(9-16(15,3)23-4)18-14(22)20-7-5-12(10-20)11-21-8-6-17-19-21/h6,8,12-13H,5,7,9-11H2,1-4H3,(H,18,22). The van der Waals surface area contributed by atoms with Crippen molar-refractivity contribution in [1.82, 2.24) is 25.2 Å². The summed E-state index contributed by atoms with van der Waals surface area (Å²) >= 11 is 0. The fraction of sp³-hybridized carbons (Fsp3) is 0.812. The van der Waals surface area contributed by atoms with Crippen LogP contribution in [-0.2, 0) is 11.3 Å². The Labute approximate surface area is 137 Å². The van der Waals surface area contributed by atoms with Crippen molar-refractivity contribution in [2.24, 2.45) is 11.3 Å². The monoisotopic (exact) mass is 321 g/mol. The summed E-state index contributed by atoms with van der Waals surface area (Å²) in [7, 11) is 1.75. The number of amides is 2. The maximum absolute atomic E-state index is 12.5. The summed E-state index contributed by atoms with van der Waals surface area (Å²) in [6.07, 6.45) is 5.42. The van der Waals surface area contributed by atoms with Gasteiger partial charge in [-0.05, 0) is 25.7 Å². The van der Waals surface area contributed by atoms with Crippen LogP contribution in [0, 0.1) is 11.3 Å². The molecule has 7 nitrogen and oxygen atoms in total. The molecule has 128 valence electrons. The van der Waals surface area contributed by atoms with E-state index in [0.29, 0.717) is 5.92 Å². The molecule has 0 radical (unpaired) electrons. The Hall–Kier alpha value is -1.63. The molecule has 1 aromatic heterocycles. The molecule has 3 rings (SSSR count). The van der Waals surface area contributed by atoms with Crippen LogP contribution in [-0.4, -0.2) is 57.8 Å². The van der Waals surface area contributed by atoms with Gasteiger partial charge in [-0.1, -0.05) is 19.1 Å². The molecule has 1 aliphatic heterocycles. The highest BCUT2D eigenvalue weighted by Gasteiger charge is 2.58. The summed E-state index contributed by atoms with van der Waals surface area (Å²) in [5.41, 5.74) is -0.219. The number of carbonyl (C=O) groups is 1. The first kappa shape index (κ1) is 16.2. The van der Waals surface area contributed by atoms with Gasteiger partial charge in [0.15, 0.2) is 0 Å². The van der Waals surface area contributed by atoms with Crippen molar-refractivity contribution in [3.8, 4) is 0 Å². The predicted octanol–water partition coefficient (Wildman–Crippen LogP) is 1.51. The number of nitrogens with one attached hydrogen (secondary N) is 1. The molecule has 0 aromatic carbocycles. The van der Waals surface area contributed by atoms with E-state index in [1.807, 2.05) is 15.8 Å². The first-order valence-electron chi connectivity index (χ1n) is 8.30. The van der Waals surface area contributed by atoms with Crippen LogP contribution < -0.4 is 5.32 Å². The quantitative estimate of drug-likeness (QED) is 0.912. The van der Waals surface area contributed by atoms with E-state index in [1.54, 1.807) is 13.3 Å². The van der Waals surface area contributed by atoms with Crippen molar-refractivity contribution in [2.45, 2.75) is 51.8 Å². The van der Waals surface area contributed by atoms with Crippen LogP contribution in [0.1, 0.15) is 33.6 Å². The van der Waals surface area contributed by atoms with E-state index in [9.17, 15) is 4.79 Å². The summed E-state index contributed by atoms with van der Waals surface area (Å²) < 4.78 is 7.46. The van der Waals surface area contributed by atoms with Gasteiger partial charge in [-0.3, -0.25) is 4.68 Å². The van der Waals surface area contributed by atoms with Crippen molar-refractivity contribution < 1.29 is 9.53 Å². The molecule has 1 saturated heterocycles. The van der Waals surface area contributed by atoms with Crippen molar-refractivity contribution in [2.75, 3.05) is 20.2 Å². The van der Waals surface area contributed by atoms with Gasteiger partial charge in [-0.25, -0.2) is 4.79 Å². The number of urea groups is 1. The zero-order valence-electron chi connectivity index (χ0n) is 14.5. The van der Waals surface area contributed by atoms with E-state index >= 15 is 0 Å². The molecule has 3 atom stereocenters. The number of aromatic nitrogens is 3. The largest absolute Gasteiger partial charge is 0.378 e. The summed E-state index contributed by atoms with van der Waals surface area (Å²) in [5, 5.41) is 11.0. The highest BCUT2D eigenvalue weighted by Crippen LogP contribution is 2.51. The van der Waals surface area contributed by atoms with Crippen molar-refractivity contribution in [1.29, 1.82) is 0 Å². The fourth-order valence-corrected chi connectivity index (χ4v) is 3.72. The fourth-order valence-electron chi connectivity index (χ4n) is 3.72. The molecule has 3 unspecified atom stereocenters. The van der Waals surface area contributed by atoms with Gasteiger partial charge in [0.05, 0.1) is 11.8 Å². The van der Waals surface area contributed by atoms with Crippen LogP contribution >= 0.6 is 0 Å². The number of methoxy groups -OCH3 is 1. The van der Waals surface area contributed by atoms with Crippen LogP contribution in [0.5, 0.6) is 0 Å². The lowest BCUT2D eigenvalue weighted by Crippen LogP contribution is -2.69. The Morgan fingerprint density at radius 3 is 2.83 bits per heavy atom. The maximum Gasteiger partial charge on any atom is 0.317 e. The average molecular weight is 321 g/mol. The Bertz CT molecular complexity index is 559. The Morgan fingerprint density at radius 1 is 1.43 bits per heavy atom. The Morgan fingerprint density at radius 2 is 2.22 bits per heavy atom. The summed E-state index contributed by atoms with van der Waals surface area (Å²) in [4.78, 5) is 14.4. The van der Waals surface area contributed by atoms with Gasteiger partial charge < -0.3 is 15.0 Å². The molecule has 2 heterocycles. The van der Waals surface area contributed by atoms with Gasteiger partial charge in [0.25, 0.3) is 0 Å². The van der Waals surface area contributed by atoms with E-state index in [2.05, 4.69) is 36.4 Å². The lowest BCUT2D eigenvalue weighted by atomic mass is 9.56. The zero-order valence-corrected chi connectivity index (χ0v) is 14.5. The molecule has 1 aliphatic carbocycles. The number of likely N-dealkylation sites (tertiary alicyclic amines) is 1. The molecule has 2 fully saturated rings. The van der Waals surface area contributed by atoms with E-state index in [1.165, 1.54) is 0 Å². The molecule has 1 saturated carbocycles. The third-order valence-electron chi connectivity index (χ3n) is 6.07. The minimum absolute atomic E-state index is 0.0438. The van der Waals surface area contributed by atoms with Crippen LogP contribution in [0.4, 0.5) is 4.79 Å². The SMILES string of the molecule is COC1(C)CC(NC(=O)N2CCC(Cn3ccnn3)C2)C1(C)C. The van der Waals surface area contributed by atoms with Gasteiger partial charge in [0.1, 0.15) is 0 Å². The molecule has 7 heteroatoms. The van der Waals surface area contributed by atoms with E-state index in [4.69, 9.17) is 4.74 Å². The minimum atomic E-state index is -0.161. The predicted molar refractivity (Wildman–Crippen MR) is 85.8 cm³/mol. The Kier molecular flexibility index (Phi) is 4.08. The Balaban J connectivity index is 1.50. The molecule has 2 aliphatic rings. The number of nitrogens with zero attached hydrogens (tertiary/aromatic N) is 4. The van der Waals surface area contributed by atoms with Gasteiger partial charge in [-0.2, -0.15) is 0 Å². The van der Waals surface area contributed by atoms with Crippen LogP contribution in [0.3, 0.4) is 0 Å². The minimum Gasteiger partial charge on any atom is -0.378 e. The second-order valence-electron chi connectivity index (χ2n) is 7.59. The number of rotatable bonds is 4. The summed E-state index contributed by atoms with van der Waals surface area (Å²) in [5.74, 6) is 0.445. The second kappa shape index (κ2) is 5.78. The first-order valence-corrected chi connectivity index (χ1v) is 8.30. The lowest BCUT2D eigenvalue weighted by molar-refractivity contribution is -0.177. The smallest absolute Gasteiger partial charge is 0.317 e. The van der Waals surface area contributed by atoms with Gasteiger partial charge in [0.2, 0.25) is 0 Å². The third kappa shape index (κ3) is 2.82. The van der Waals surface area contributed by atoms with Crippen molar-refractivity contribution >= 4 is 6.03 Å². The summed E-state index contributed by atoms with van der Waals surface area (Å²) in [6.45, 7) is 8.82. The van der Waals surface area contributed by atoms with Gasteiger partial charge in [0, 0.05) is 44.4 Å². The molecule has 1 N–H and O–H groups in total. The zero-order chi connectivity index (χ0) is 16.7. The van der Waals surface area contributed by atoms with Gasteiger partial charge in [-0.15, -0.1) is 5.10 Å². The normalized spacial score (nSPS) is 32.6. The lowest BCUT2D eigenvalue weighted by Gasteiger charge is -2.59. The molecule has 0 bridgehead atoms. The topological polar surface area (TPSA) is 72.3 Å². The van der Waals surface area contributed by atoms with E-state index < -0.39 is 0 Å². The number of hydrogen-bond donors (Lipinski definition) is 1. The highest BCUT2D eigenvalue weighted by molar-refractivity contribution is 5.75. The third-order valence-corrected chi connectivity index (χ3v) is 6.07. The van der Waals surface area contributed by atoms with Gasteiger partial charge >= 0.3 is 6.03 Å². The molecular weight excluding hydrogens is 294 g/mol. The molecular formula is C16H27N5O2. The van der Waals surface area contributed by atoms with E-state index in [0.717, 1.165) is 32.5 Å². The van der Waals surface area contributed by atoms with E-state index in [-0.39, 0.29) is 23.1 Å². The first-order chi connectivity index (χ1) is 10.9. The number of carbonyl (C=O) groups excluding carboxylic acids is 1.